The van der Waals surface area contributed by atoms with E-state index in [9.17, 15) is 22.8 Å². The highest BCUT2D eigenvalue weighted by atomic mass is 19.4. The number of carboxylic acids is 1. The fraction of sp³-hybridized carbons (Fsp3) is 0.857. The normalized spacial score (nSPS) is 29.6. The van der Waals surface area contributed by atoms with E-state index in [0.29, 0.717) is 12.6 Å². The van der Waals surface area contributed by atoms with Crippen LogP contribution in [0, 0.1) is 11.8 Å². The fourth-order valence-electron chi connectivity index (χ4n) is 4.75. The number of carboxylic acid groups (broad SMARTS) is 1. The summed E-state index contributed by atoms with van der Waals surface area (Å²) in [5, 5.41) is 7.12. The smallest absolute Gasteiger partial charge is 0.475 e. The Morgan fingerprint density at radius 2 is 1.52 bits per heavy atom. The minimum atomic E-state index is -5.08. The molecule has 2 atom stereocenters. The standard InChI is InChI=1S/C19H32N2O3.C2HF3O2/c1-14-5-7-15(8-6-14)18(22)21-12-9-16(20-10-3-4-11-20)13-17(21)19(23)24-2;3-2(4,5)1(6)7/h14-17H,3-13H2,1-2H3;(H,6,7). The van der Waals surface area contributed by atoms with Crippen LogP contribution in [-0.4, -0.2) is 77.8 Å². The molecule has 2 aliphatic heterocycles. The summed E-state index contributed by atoms with van der Waals surface area (Å²) in [6.45, 7) is 5.23. The lowest BCUT2D eigenvalue weighted by Gasteiger charge is -2.42. The lowest BCUT2D eigenvalue weighted by atomic mass is 9.81. The Kier molecular flexibility index (Phi) is 9.14. The van der Waals surface area contributed by atoms with Crippen LogP contribution in [0.25, 0.3) is 0 Å². The van der Waals surface area contributed by atoms with E-state index in [2.05, 4.69) is 11.8 Å². The van der Waals surface area contributed by atoms with Gasteiger partial charge in [-0.25, -0.2) is 9.59 Å². The van der Waals surface area contributed by atoms with E-state index in [-0.39, 0.29) is 23.8 Å². The summed E-state index contributed by atoms with van der Waals surface area (Å²) in [5.74, 6) is -1.97. The van der Waals surface area contributed by atoms with E-state index in [1.165, 1.54) is 20.0 Å². The van der Waals surface area contributed by atoms with Gasteiger partial charge in [0, 0.05) is 18.5 Å². The predicted octanol–water partition coefficient (Wildman–Crippen LogP) is 3.07. The zero-order valence-electron chi connectivity index (χ0n) is 18.2. The fourth-order valence-corrected chi connectivity index (χ4v) is 4.75. The van der Waals surface area contributed by atoms with Crippen molar-refractivity contribution in [2.45, 2.75) is 76.6 Å². The average molecular weight is 450 g/mol. The topological polar surface area (TPSA) is 87.2 Å². The van der Waals surface area contributed by atoms with Crippen molar-refractivity contribution in [2.24, 2.45) is 11.8 Å². The largest absolute Gasteiger partial charge is 0.490 e. The molecule has 1 aliphatic carbocycles. The molecular weight excluding hydrogens is 417 g/mol. The number of aliphatic carboxylic acids is 1. The molecule has 31 heavy (non-hydrogen) atoms. The summed E-state index contributed by atoms with van der Waals surface area (Å²) < 4.78 is 36.8. The number of alkyl halides is 3. The Morgan fingerprint density at radius 3 is 2.00 bits per heavy atom. The Bertz CT molecular complexity index is 629. The highest BCUT2D eigenvalue weighted by Crippen LogP contribution is 2.33. The van der Waals surface area contributed by atoms with Gasteiger partial charge in [0.05, 0.1) is 7.11 Å². The van der Waals surface area contributed by atoms with Crippen LogP contribution in [0.1, 0.15) is 58.3 Å². The third kappa shape index (κ3) is 7.08. The van der Waals surface area contributed by atoms with Gasteiger partial charge in [0.2, 0.25) is 5.91 Å². The number of hydrogen-bond acceptors (Lipinski definition) is 5. The summed E-state index contributed by atoms with van der Waals surface area (Å²) in [4.78, 5) is 38.6. The number of methoxy groups -OCH3 is 1. The molecule has 1 saturated carbocycles. The molecule has 3 aliphatic rings. The molecule has 178 valence electrons. The molecule has 2 heterocycles. The van der Waals surface area contributed by atoms with Crippen LogP contribution >= 0.6 is 0 Å². The van der Waals surface area contributed by atoms with Crippen molar-refractivity contribution < 1.29 is 37.4 Å². The number of amides is 1. The molecular formula is C21H33F3N2O5. The minimum Gasteiger partial charge on any atom is -0.475 e. The lowest BCUT2D eigenvalue weighted by molar-refractivity contribution is -0.192. The van der Waals surface area contributed by atoms with Gasteiger partial charge < -0.3 is 19.6 Å². The van der Waals surface area contributed by atoms with E-state index < -0.39 is 12.1 Å². The highest BCUT2D eigenvalue weighted by molar-refractivity contribution is 5.86. The summed E-state index contributed by atoms with van der Waals surface area (Å²) in [6.07, 6.45) is 3.35. The average Bonchev–Trinajstić information content (AvgIpc) is 3.27. The molecule has 0 radical (unpaired) electrons. The molecule has 10 heteroatoms. The van der Waals surface area contributed by atoms with Gasteiger partial charge in [0.25, 0.3) is 0 Å². The van der Waals surface area contributed by atoms with Gasteiger partial charge >= 0.3 is 18.1 Å². The lowest BCUT2D eigenvalue weighted by Crippen LogP contribution is -2.56. The van der Waals surface area contributed by atoms with Crippen molar-refractivity contribution >= 4 is 17.8 Å². The first kappa shape index (κ1) is 25.4. The number of piperidine rings is 1. The number of esters is 1. The molecule has 2 saturated heterocycles. The molecule has 0 aromatic heterocycles. The van der Waals surface area contributed by atoms with Crippen LogP contribution < -0.4 is 0 Å². The number of carbonyl (C=O) groups excluding carboxylic acids is 2. The van der Waals surface area contributed by atoms with Crippen molar-refractivity contribution in [3.05, 3.63) is 0 Å². The van der Waals surface area contributed by atoms with Crippen LogP contribution in [0.15, 0.2) is 0 Å². The third-order valence-corrected chi connectivity index (χ3v) is 6.60. The molecule has 1 N–H and O–H groups in total. The van der Waals surface area contributed by atoms with Gasteiger partial charge in [-0.15, -0.1) is 0 Å². The zero-order chi connectivity index (χ0) is 23.2. The second-order valence-corrected chi connectivity index (χ2v) is 8.75. The first-order valence-corrected chi connectivity index (χ1v) is 11.0. The first-order valence-electron chi connectivity index (χ1n) is 11.0. The molecule has 1 amide bonds. The van der Waals surface area contributed by atoms with Gasteiger partial charge in [-0.3, -0.25) is 4.79 Å². The predicted molar refractivity (Wildman–Crippen MR) is 106 cm³/mol. The molecule has 2 unspecified atom stereocenters. The van der Waals surface area contributed by atoms with E-state index in [1.807, 2.05) is 4.90 Å². The summed E-state index contributed by atoms with van der Waals surface area (Å²) in [5.41, 5.74) is 0. The minimum absolute atomic E-state index is 0.108. The number of halogens is 3. The van der Waals surface area contributed by atoms with Gasteiger partial charge in [0.15, 0.2) is 0 Å². The Balaban J connectivity index is 0.000000423. The molecule has 0 spiro atoms. The number of ether oxygens (including phenoxy) is 1. The van der Waals surface area contributed by atoms with Crippen LogP contribution in [0.2, 0.25) is 0 Å². The maximum atomic E-state index is 13.0. The van der Waals surface area contributed by atoms with E-state index >= 15 is 0 Å². The van der Waals surface area contributed by atoms with E-state index in [4.69, 9.17) is 14.6 Å². The number of carbonyl (C=O) groups is 3. The van der Waals surface area contributed by atoms with Crippen molar-refractivity contribution in [1.82, 2.24) is 9.80 Å². The first-order chi connectivity index (χ1) is 14.5. The van der Waals surface area contributed by atoms with Gasteiger partial charge in [-0.2, -0.15) is 13.2 Å². The van der Waals surface area contributed by atoms with Gasteiger partial charge in [-0.1, -0.05) is 6.92 Å². The second kappa shape index (κ2) is 11.2. The summed E-state index contributed by atoms with van der Waals surface area (Å²) in [7, 11) is 1.44. The van der Waals surface area contributed by atoms with Crippen LogP contribution in [0.3, 0.4) is 0 Å². The van der Waals surface area contributed by atoms with Crippen LogP contribution in [0.5, 0.6) is 0 Å². The number of rotatable bonds is 3. The molecule has 0 aromatic rings. The monoisotopic (exact) mass is 450 g/mol. The maximum Gasteiger partial charge on any atom is 0.490 e. The molecule has 0 aromatic carbocycles. The SMILES string of the molecule is COC(=O)C1CC(N2CCCC2)CCN1C(=O)C1CCC(C)CC1.O=C(O)C(F)(F)F. The third-order valence-electron chi connectivity index (χ3n) is 6.60. The Labute approximate surface area is 180 Å². The van der Waals surface area contributed by atoms with E-state index in [0.717, 1.165) is 57.5 Å². The molecule has 3 fully saturated rings. The Hall–Kier alpha value is -1.84. The van der Waals surface area contributed by atoms with Gasteiger partial charge in [-0.05, 0) is 70.4 Å². The molecule has 7 nitrogen and oxygen atoms in total. The number of nitrogens with zero attached hydrogens (tertiary/aromatic N) is 2. The maximum absolute atomic E-state index is 13.0. The molecule has 3 rings (SSSR count). The van der Waals surface area contributed by atoms with Crippen molar-refractivity contribution in [1.29, 1.82) is 0 Å². The zero-order valence-corrected chi connectivity index (χ0v) is 18.2. The quantitative estimate of drug-likeness (QED) is 0.665. The number of hydrogen-bond donors (Lipinski definition) is 1. The van der Waals surface area contributed by atoms with Crippen LogP contribution in [-0.2, 0) is 19.1 Å². The van der Waals surface area contributed by atoms with Crippen molar-refractivity contribution in [3.63, 3.8) is 0 Å². The second-order valence-electron chi connectivity index (χ2n) is 8.75. The Morgan fingerprint density at radius 1 is 0.968 bits per heavy atom. The van der Waals surface area contributed by atoms with Crippen LogP contribution in [0.4, 0.5) is 13.2 Å². The highest BCUT2D eigenvalue weighted by Gasteiger charge is 2.41. The number of likely N-dealkylation sites (tertiary alicyclic amines) is 2. The van der Waals surface area contributed by atoms with Crippen molar-refractivity contribution in [2.75, 3.05) is 26.7 Å². The van der Waals surface area contributed by atoms with Crippen molar-refractivity contribution in [3.8, 4) is 0 Å². The summed E-state index contributed by atoms with van der Waals surface area (Å²) in [6, 6.07) is 0.0354. The summed E-state index contributed by atoms with van der Waals surface area (Å²) >= 11 is 0. The van der Waals surface area contributed by atoms with Gasteiger partial charge in [0.1, 0.15) is 6.04 Å². The molecule has 0 bridgehead atoms. The van der Waals surface area contributed by atoms with E-state index in [1.54, 1.807) is 0 Å².